The Bertz CT molecular complexity index is 460. The van der Waals surface area contributed by atoms with Crippen LogP contribution in [-0.2, 0) is 0 Å². The third-order valence-corrected chi connectivity index (χ3v) is 3.28. The average Bonchev–Trinajstić information content (AvgIpc) is 2.31. The van der Waals surface area contributed by atoms with Crippen molar-refractivity contribution in [2.24, 2.45) is 5.73 Å². The molecular weight excluding hydrogens is 228 g/mol. The minimum Gasteiger partial charge on any atom is -0.366 e. The molecule has 2 atom stereocenters. The van der Waals surface area contributed by atoms with Crippen molar-refractivity contribution in [3.63, 3.8) is 0 Å². The summed E-state index contributed by atoms with van der Waals surface area (Å²) >= 11 is 0. The van der Waals surface area contributed by atoms with Crippen LogP contribution in [0.1, 0.15) is 29.9 Å². The molecule has 1 aliphatic heterocycles. The number of aryl methyl sites for hydroxylation is 1. The van der Waals surface area contributed by atoms with Gasteiger partial charge < -0.3 is 16.0 Å². The highest BCUT2D eigenvalue weighted by atomic mass is 16.1. The molecule has 0 spiro atoms. The number of carbonyl (C=O) groups is 1. The van der Waals surface area contributed by atoms with E-state index in [4.69, 9.17) is 5.73 Å². The van der Waals surface area contributed by atoms with E-state index in [1.807, 2.05) is 6.92 Å². The lowest BCUT2D eigenvalue weighted by atomic mass is 10.1. The lowest BCUT2D eigenvalue weighted by Crippen LogP contribution is -2.54. The molecule has 1 saturated heterocycles. The van der Waals surface area contributed by atoms with Gasteiger partial charge in [-0.25, -0.2) is 4.98 Å². The van der Waals surface area contributed by atoms with Crippen LogP contribution in [0.2, 0.25) is 0 Å². The summed E-state index contributed by atoms with van der Waals surface area (Å²) in [4.78, 5) is 18.0. The standard InChI is InChI=1S/C13H20N4O/c1-8-4-11(13(14)18)5-12(16-8)17-7-9(2)15-6-10(17)3/h4-5,9-10,15H,6-7H2,1-3H3,(H2,14,18). The van der Waals surface area contributed by atoms with E-state index in [2.05, 4.69) is 29.0 Å². The molecule has 1 aliphatic rings. The molecule has 2 unspecified atom stereocenters. The maximum absolute atomic E-state index is 11.3. The van der Waals surface area contributed by atoms with Crippen LogP contribution in [0.4, 0.5) is 5.82 Å². The monoisotopic (exact) mass is 248 g/mol. The first kappa shape index (κ1) is 12.8. The fraction of sp³-hybridized carbons (Fsp3) is 0.538. The molecule has 0 bridgehead atoms. The molecule has 0 radical (unpaired) electrons. The molecule has 1 fully saturated rings. The number of hydrogen-bond donors (Lipinski definition) is 2. The van der Waals surface area contributed by atoms with E-state index < -0.39 is 5.91 Å². The highest BCUT2D eigenvalue weighted by Gasteiger charge is 2.24. The Morgan fingerprint density at radius 2 is 2.22 bits per heavy atom. The van der Waals surface area contributed by atoms with Crippen molar-refractivity contribution in [1.82, 2.24) is 10.3 Å². The van der Waals surface area contributed by atoms with Gasteiger partial charge in [0.25, 0.3) is 0 Å². The number of amides is 1. The van der Waals surface area contributed by atoms with Crippen LogP contribution in [0.3, 0.4) is 0 Å². The van der Waals surface area contributed by atoms with Gasteiger partial charge in [-0.15, -0.1) is 0 Å². The minimum absolute atomic E-state index is 0.358. The average molecular weight is 248 g/mol. The molecule has 0 aromatic carbocycles. The van der Waals surface area contributed by atoms with Crippen LogP contribution >= 0.6 is 0 Å². The van der Waals surface area contributed by atoms with E-state index >= 15 is 0 Å². The second-order valence-corrected chi connectivity index (χ2v) is 5.03. The zero-order valence-corrected chi connectivity index (χ0v) is 11.1. The Balaban J connectivity index is 2.34. The summed E-state index contributed by atoms with van der Waals surface area (Å²) < 4.78 is 0. The molecule has 0 aliphatic carbocycles. The van der Waals surface area contributed by atoms with Gasteiger partial charge in [-0.1, -0.05) is 0 Å². The summed E-state index contributed by atoms with van der Waals surface area (Å²) in [7, 11) is 0. The first-order chi connectivity index (χ1) is 8.47. The molecule has 1 aromatic heterocycles. The maximum Gasteiger partial charge on any atom is 0.248 e. The van der Waals surface area contributed by atoms with Crippen molar-refractivity contribution in [3.8, 4) is 0 Å². The highest BCUT2D eigenvalue weighted by Crippen LogP contribution is 2.19. The van der Waals surface area contributed by atoms with Crippen LogP contribution in [-0.4, -0.2) is 36.1 Å². The summed E-state index contributed by atoms with van der Waals surface area (Å²) in [6.07, 6.45) is 0. The number of pyridine rings is 1. The molecule has 2 rings (SSSR count). The van der Waals surface area contributed by atoms with Crippen molar-refractivity contribution < 1.29 is 4.79 Å². The van der Waals surface area contributed by atoms with Gasteiger partial charge in [-0.3, -0.25) is 4.79 Å². The normalized spacial score (nSPS) is 24.1. The van der Waals surface area contributed by atoms with Gasteiger partial charge in [0.15, 0.2) is 0 Å². The number of nitrogens with two attached hydrogens (primary N) is 1. The highest BCUT2D eigenvalue weighted by molar-refractivity contribution is 5.93. The van der Waals surface area contributed by atoms with Crippen molar-refractivity contribution >= 4 is 11.7 Å². The lowest BCUT2D eigenvalue weighted by Gasteiger charge is -2.38. The number of piperazine rings is 1. The molecule has 5 nitrogen and oxygen atoms in total. The summed E-state index contributed by atoms with van der Waals surface area (Å²) in [6.45, 7) is 7.97. The van der Waals surface area contributed by atoms with Gasteiger partial charge >= 0.3 is 0 Å². The number of hydrogen-bond acceptors (Lipinski definition) is 4. The van der Waals surface area contributed by atoms with Gasteiger partial charge in [0.2, 0.25) is 5.91 Å². The Morgan fingerprint density at radius 3 is 2.89 bits per heavy atom. The second-order valence-electron chi connectivity index (χ2n) is 5.03. The van der Waals surface area contributed by atoms with Crippen LogP contribution in [0, 0.1) is 6.92 Å². The largest absolute Gasteiger partial charge is 0.366 e. The maximum atomic E-state index is 11.3. The summed E-state index contributed by atoms with van der Waals surface area (Å²) in [5.74, 6) is 0.433. The first-order valence-electron chi connectivity index (χ1n) is 6.26. The number of aromatic nitrogens is 1. The zero-order valence-electron chi connectivity index (χ0n) is 11.1. The Labute approximate surface area is 107 Å². The molecule has 3 N–H and O–H groups in total. The van der Waals surface area contributed by atoms with Crippen LogP contribution in [0.15, 0.2) is 12.1 Å². The zero-order chi connectivity index (χ0) is 13.3. The third kappa shape index (κ3) is 2.61. The fourth-order valence-electron chi connectivity index (χ4n) is 2.28. The lowest BCUT2D eigenvalue weighted by molar-refractivity contribution is 0.1000. The van der Waals surface area contributed by atoms with Crippen molar-refractivity contribution in [2.45, 2.75) is 32.9 Å². The Hall–Kier alpha value is -1.62. The van der Waals surface area contributed by atoms with Gasteiger partial charge in [-0.05, 0) is 32.9 Å². The van der Waals surface area contributed by atoms with Crippen molar-refractivity contribution in [2.75, 3.05) is 18.0 Å². The quantitative estimate of drug-likeness (QED) is 0.807. The summed E-state index contributed by atoms with van der Waals surface area (Å²) in [5.41, 5.74) is 6.69. The number of primary amides is 1. The van der Waals surface area contributed by atoms with Crippen molar-refractivity contribution in [1.29, 1.82) is 0 Å². The third-order valence-electron chi connectivity index (χ3n) is 3.28. The number of carbonyl (C=O) groups excluding carboxylic acids is 1. The predicted molar refractivity (Wildman–Crippen MR) is 71.8 cm³/mol. The smallest absolute Gasteiger partial charge is 0.248 e. The molecule has 2 heterocycles. The van der Waals surface area contributed by atoms with Gasteiger partial charge in [0.05, 0.1) is 0 Å². The Morgan fingerprint density at radius 1 is 1.50 bits per heavy atom. The van der Waals surface area contributed by atoms with Crippen LogP contribution in [0.5, 0.6) is 0 Å². The van der Waals surface area contributed by atoms with E-state index in [0.29, 0.717) is 17.6 Å². The van der Waals surface area contributed by atoms with E-state index in [0.717, 1.165) is 24.6 Å². The van der Waals surface area contributed by atoms with Gasteiger partial charge in [0, 0.05) is 36.4 Å². The number of rotatable bonds is 2. The van der Waals surface area contributed by atoms with Crippen LogP contribution < -0.4 is 16.0 Å². The van der Waals surface area contributed by atoms with E-state index in [1.54, 1.807) is 12.1 Å². The summed E-state index contributed by atoms with van der Waals surface area (Å²) in [6, 6.07) is 4.28. The topological polar surface area (TPSA) is 71.2 Å². The van der Waals surface area contributed by atoms with Crippen molar-refractivity contribution in [3.05, 3.63) is 23.4 Å². The molecule has 5 heteroatoms. The van der Waals surface area contributed by atoms with E-state index in [9.17, 15) is 4.79 Å². The second kappa shape index (κ2) is 4.94. The number of nitrogens with zero attached hydrogens (tertiary/aromatic N) is 2. The molecule has 1 aromatic rings. The molecular formula is C13H20N4O. The number of nitrogens with one attached hydrogen (secondary N) is 1. The SMILES string of the molecule is Cc1cc(C(N)=O)cc(N2CC(C)NCC2C)n1. The summed E-state index contributed by atoms with van der Waals surface area (Å²) in [5, 5.41) is 3.42. The minimum atomic E-state index is -0.405. The van der Waals surface area contributed by atoms with Crippen LogP contribution in [0.25, 0.3) is 0 Å². The molecule has 18 heavy (non-hydrogen) atoms. The number of anilines is 1. The first-order valence-corrected chi connectivity index (χ1v) is 6.26. The van der Waals surface area contributed by atoms with E-state index in [1.165, 1.54) is 0 Å². The molecule has 0 saturated carbocycles. The van der Waals surface area contributed by atoms with Gasteiger partial charge in [-0.2, -0.15) is 0 Å². The Kier molecular flexibility index (Phi) is 3.52. The van der Waals surface area contributed by atoms with Gasteiger partial charge in [0.1, 0.15) is 5.82 Å². The fourth-order valence-corrected chi connectivity index (χ4v) is 2.28. The predicted octanol–water partition coefficient (Wildman–Crippen LogP) is 0.676. The van der Waals surface area contributed by atoms with E-state index in [-0.39, 0.29) is 0 Å². The molecule has 98 valence electrons. The molecule has 1 amide bonds.